The maximum atomic E-state index is 13.9. The van der Waals surface area contributed by atoms with Crippen molar-refractivity contribution in [3.8, 4) is 5.81 Å². The van der Waals surface area contributed by atoms with Gasteiger partial charge in [0.25, 0.3) is 0 Å². The summed E-state index contributed by atoms with van der Waals surface area (Å²) in [6.45, 7) is 3.42. The lowest BCUT2D eigenvalue weighted by molar-refractivity contribution is -0.138. The molecule has 0 saturated heterocycles. The Morgan fingerprint density at radius 3 is 2.31 bits per heavy atom. The van der Waals surface area contributed by atoms with Crippen LogP contribution < -0.4 is 11.5 Å². The smallest absolute Gasteiger partial charge is 0.393 e. The molecule has 0 saturated carbocycles. The van der Waals surface area contributed by atoms with Gasteiger partial charge in [0.1, 0.15) is 5.66 Å². The number of hydrogen-bond acceptors (Lipinski definition) is 6. The second kappa shape index (κ2) is 13.3. The molecule has 0 amide bonds. The van der Waals surface area contributed by atoms with Gasteiger partial charge in [-0.25, -0.2) is 0 Å². The number of alkyl halides is 3. The zero-order valence-corrected chi connectivity index (χ0v) is 23.0. The summed E-state index contributed by atoms with van der Waals surface area (Å²) >= 11 is 0. The predicted molar refractivity (Wildman–Crippen MR) is 153 cm³/mol. The van der Waals surface area contributed by atoms with Crippen LogP contribution in [0.1, 0.15) is 54.0 Å². The number of halogens is 3. The Hall–Kier alpha value is -3.15. The fraction of sp³-hybridized carbons (Fsp3) is 0.345. The van der Waals surface area contributed by atoms with Gasteiger partial charge in [0, 0.05) is 6.42 Å². The van der Waals surface area contributed by atoms with Crippen molar-refractivity contribution >= 4 is 25.6 Å². The summed E-state index contributed by atoms with van der Waals surface area (Å²) in [4.78, 5) is 0. The van der Waals surface area contributed by atoms with Crippen LogP contribution >= 0.6 is 8.58 Å². The second-order valence-electron chi connectivity index (χ2n) is 9.59. The van der Waals surface area contributed by atoms with Crippen LogP contribution in [0.25, 0.3) is 5.57 Å². The molecular formula is C29H33F3N5OP. The van der Waals surface area contributed by atoms with E-state index in [0.717, 1.165) is 30.0 Å². The van der Waals surface area contributed by atoms with Crippen LogP contribution in [0.5, 0.6) is 0 Å². The molecule has 1 aliphatic carbocycles. The lowest BCUT2D eigenvalue weighted by Gasteiger charge is -2.21. The van der Waals surface area contributed by atoms with Crippen LogP contribution in [0.2, 0.25) is 0 Å². The van der Waals surface area contributed by atoms with E-state index in [-0.39, 0.29) is 24.1 Å². The predicted octanol–water partition coefficient (Wildman–Crippen LogP) is 5.54. The number of allylic oxidation sites excluding steroid dienone is 4. The third kappa shape index (κ3) is 8.17. The van der Waals surface area contributed by atoms with E-state index in [1.807, 2.05) is 36.7 Å². The molecule has 6 nitrogen and oxygen atoms in total. The molecule has 0 bridgehead atoms. The minimum Gasteiger partial charge on any atom is -0.393 e. The molecule has 39 heavy (non-hydrogen) atoms. The Labute approximate surface area is 228 Å². The Balaban J connectivity index is 0.000000983. The molecule has 5 N–H and O–H groups in total. The SMILES string of the molecule is CC1=CC(c2ccc(CCc3ccc(C4=NN=C(C(N)(N)CO)C4)cc3C(F)(F)F)cc2)=CCC1.CPC#N. The van der Waals surface area contributed by atoms with E-state index < -0.39 is 24.0 Å². The van der Waals surface area contributed by atoms with Crippen LogP contribution in [0.4, 0.5) is 13.2 Å². The van der Waals surface area contributed by atoms with Gasteiger partial charge in [-0.15, -0.1) is 0 Å². The maximum Gasteiger partial charge on any atom is 0.416 e. The highest BCUT2D eigenvalue weighted by atomic mass is 31.1. The van der Waals surface area contributed by atoms with Crippen molar-refractivity contribution in [1.82, 2.24) is 0 Å². The summed E-state index contributed by atoms with van der Waals surface area (Å²) in [5.41, 5.74) is 15.0. The molecule has 10 heteroatoms. The standard InChI is InChI=1S/C27H29F3N4O.C2H4NP/c1-17-3-2-4-21(13-17)19-8-5-18(6-9-19)7-10-20-11-12-22(14-23(20)27(28,29)30)24-15-25(34-33-24)26(31,32)16-35;1-4-2-3/h4-6,8-9,11-14,35H,2-3,7,10,15-16,31-32H2,1H3;4H,1H3. The summed E-state index contributed by atoms with van der Waals surface area (Å²) in [6.07, 6.45) is 2.82. The first-order chi connectivity index (χ1) is 18.5. The lowest BCUT2D eigenvalue weighted by Crippen LogP contribution is -2.59. The van der Waals surface area contributed by atoms with Crippen molar-refractivity contribution < 1.29 is 18.3 Å². The van der Waals surface area contributed by atoms with E-state index >= 15 is 0 Å². The Bertz CT molecular complexity index is 1340. The van der Waals surface area contributed by atoms with Gasteiger partial charge in [0.05, 0.1) is 29.4 Å². The largest absolute Gasteiger partial charge is 0.416 e. The molecule has 2 aliphatic rings. The third-order valence-electron chi connectivity index (χ3n) is 6.56. The summed E-state index contributed by atoms with van der Waals surface area (Å²) < 4.78 is 41.7. The van der Waals surface area contributed by atoms with E-state index in [1.54, 1.807) is 6.07 Å². The number of aliphatic hydroxyl groups is 1. The second-order valence-corrected chi connectivity index (χ2v) is 10.3. The minimum atomic E-state index is -4.51. The third-order valence-corrected chi connectivity index (χ3v) is 6.78. The highest BCUT2D eigenvalue weighted by Crippen LogP contribution is 2.34. The first kappa shape index (κ1) is 30.4. The zero-order chi connectivity index (χ0) is 28.6. The van der Waals surface area contributed by atoms with Crippen LogP contribution in [0.3, 0.4) is 0 Å². The summed E-state index contributed by atoms with van der Waals surface area (Å²) in [5, 5.41) is 24.8. The maximum absolute atomic E-state index is 13.9. The van der Waals surface area contributed by atoms with Crippen molar-refractivity contribution in [2.45, 2.75) is 50.9 Å². The molecule has 2 aromatic carbocycles. The molecular weight excluding hydrogens is 522 g/mol. The van der Waals surface area contributed by atoms with Crippen molar-refractivity contribution in [1.29, 1.82) is 5.26 Å². The van der Waals surface area contributed by atoms with E-state index in [2.05, 4.69) is 29.3 Å². The number of hydrogen-bond donors (Lipinski definition) is 3. The highest BCUT2D eigenvalue weighted by molar-refractivity contribution is 7.42. The molecule has 1 unspecified atom stereocenters. The van der Waals surface area contributed by atoms with Crippen molar-refractivity contribution in [3.05, 3.63) is 88.0 Å². The molecule has 1 atom stereocenters. The van der Waals surface area contributed by atoms with Crippen molar-refractivity contribution in [2.24, 2.45) is 21.7 Å². The zero-order valence-electron chi connectivity index (χ0n) is 22.0. The van der Waals surface area contributed by atoms with E-state index in [1.165, 1.54) is 17.2 Å². The molecule has 2 aromatic rings. The van der Waals surface area contributed by atoms with Gasteiger partial charge in [0.15, 0.2) is 0 Å². The summed E-state index contributed by atoms with van der Waals surface area (Å²) in [6, 6.07) is 12.2. The van der Waals surface area contributed by atoms with Gasteiger partial charge in [-0.1, -0.05) is 54.1 Å². The monoisotopic (exact) mass is 555 g/mol. The van der Waals surface area contributed by atoms with Crippen molar-refractivity contribution in [2.75, 3.05) is 13.3 Å². The Morgan fingerprint density at radius 1 is 1.05 bits per heavy atom. The number of rotatable bonds is 7. The molecule has 0 fully saturated rings. The molecule has 4 rings (SSSR count). The van der Waals surface area contributed by atoms with Gasteiger partial charge in [-0.2, -0.15) is 28.6 Å². The molecule has 1 aliphatic heterocycles. The molecule has 1 heterocycles. The van der Waals surface area contributed by atoms with Gasteiger partial charge >= 0.3 is 6.18 Å². The number of aryl methyl sites for hydroxylation is 2. The first-order valence-corrected chi connectivity index (χ1v) is 14.0. The average Bonchev–Trinajstić information content (AvgIpc) is 3.43. The van der Waals surface area contributed by atoms with Gasteiger partial charge in [0.2, 0.25) is 0 Å². The fourth-order valence-electron chi connectivity index (χ4n) is 4.29. The van der Waals surface area contributed by atoms with Gasteiger partial charge in [-0.05, 0) is 81.7 Å². The first-order valence-electron chi connectivity index (χ1n) is 12.5. The summed E-state index contributed by atoms with van der Waals surface area (Å²) in [5.74, 6) is 1.96. The van der Waals surface area contributed by atoms with Gasteiger partial charge in [-0.3, -0.25) is 0 Å². The Morgan fingerprint density at radius 2 is 1.72 bits per heavy atom. The summed E-state index contributed by atoms with van der Waals surface area (Å²) in [7, 11) is 0.446. The normalized spacial score (nSPS) is 15.7. The number of nitrogens with zero attached hydrogens (tertiary/aromatic N) is 3. The topological polar surface area (TPSA) is 121 Å². The highest BCUT2D eigenvalue weighted by Gasteiger charge is 2.35. The number of nitrogens with two attached hydrogens (primary N) is 2. The molecule has 0 aromatic heterocycles. The average molecular weight is 556 g/mol. The quantitative estimate of drug-likeness (QED) is 0.307. The van der Waals surface area contributed by atoms with E-state index in [0.29, 0.717) is 26.3 Å². The van der Waals surface area contributed by atoms with Crippen LogP contribution in [0, 0.1) is 11.1 Å². The van der Waals surface area contributed by atoms with Crippen LogP contribution in [-0.2, 0) is 19.0 Å². The van der Waals surface area contributed by atoms with Crippen LogP contribution in [0.15, 0.2) is 70.4 Å². The fourth-order valence-corrected chi connectivity index (χ4v) is 4.29. The number of benzene rings is 2. The van der Waals surface area contributed by atoms with E-state index in [4.69, 9.17) is 16.7 Å². The molecule has 0 spiro atoms. The molecule has 0 radical (unpaired) electrons. The molecule has 206 valence electrons. The Kier molecular flexibility index (Phi) is 10.3. The van der Waals surface area contributed by atoms with Gasteiger partial charge < -0.3 is 16.6 Å². The number of nitriles is 1. The van der Waals surface area contributed by atoms with Crippen molar-refractivity contribution in [3.63, 3.8) is 0 Å². The minimum absolute atomic E-state index is 0.0850. The van der Waals surface area contributed by atoms with E-state index in [9.17, 15) is 18.3 Å². The number of aliphatic hydroxyl groups excluding tert-OH is 1. The van der Waals surface area contributed by atoms with Crippen LogP contribution in [-0.4, -0.2) is 35.5 Å². The lowest BCUT2D eigenvalue weighted by atomic mass is 9.92.